The Labute approximate surface area is 171 Å². The molecule has 3 heterocycles. The third-order valence-corrected chi connectivity index (χ3v) is 5.74. The van der Waals surface area contributed by atoms with Crippen LogP contribution in [-0.2, 0) is 6.54 Å². The molecule has 0 amide bonds. The lowest BCUT2D eigenvalue weighted by atomic mass is 10.1. The number of hydrogen-bond donors (Lipinski definition) is 3. The van der Waals surface area contributed by atoms with E-state index in [2.05, 4.69) is 31.7 Å². The molecule has 148 valence electrons. The topological polar surface area (TPSA) is 87.6 Å². The van der Waals surface area contributed by atoms with Crippen molar-refractivity contribution in [3.63, 3.8) is 0 Å². The van der Waals surface area contributed by atoms with Crippen LogP contribution in [0.3, 0.4) is 0 Å². The van der Waals surface area contributed by atoms with E-state index in [-0.39, 0.29) is 18.6 Å². The fraction of sp³-hybridized carbons (Fsp3) is 0.421. The SMILES string of the molecule is CO[n+]1cccc(CNc2cc(NC3CCCC3CO)nc3c(Br)cnn23)c1. The molecule has 0 spiro atoms. The highest BCUT2D eigenvalue weighted by Crippen LogP contribution is 2.29. The Morgan fingerprint density at radius 3 is 3.14 bits per heavy atom. The van der Waals surface area contributed by atoms with Gasteiger partial charge in [-0.05, 0) is 34.8 Å². The zero-order valence-electron chi connectivity index (χ0n) is 15.7. The van der Waals surface area contributed by atoms with Crippen LogP contribution in [0.1, 0.15) is 24.8 Å². The smallest absolute Gasteiger partial charge is 0.227 e. The fourth-order valence-electron chi connectivity index (χ4n) is 3.68. The van der Waals surface area contributed by atoms with Crippen LogP contribution in [0, 0.1) is 5.92 Å². The summed E-state index contributed by atoms with van der Waals surface area (Å²) in [5, 5.41) is 21.0. The Morgan fingerprint density at radius 2 is 2.32 bits per heavy atom. The Balaban J connectivity index is 1.59. The molecule has 0 aromatic carbocycles. The first-order valence-corrected chi connectivity index (χ1v) is 10.2. The van der Waals surface area contributed by atoms with E-state index in [1.807, 2.05) is 30.6 Å². The molecule has 2 atom stereocenters. The highest BCUT2D eigenvalue weighted by molar-refractivity contribution is 9.10. The molecule has 8 nitrogen and oxygen atoms in total. The number of aliphatic hydroxyl groups is 1. The summed E-state index contributed by atoms with van der Waals surface area (Å²) in [6.07, 6.45) is 8.73. The van der Waals surface area contributed by atoms with Gasteiger partial charge in [0, 0.05) is 47.5 Å². The van der Waals surface area contributed by atoms with Gasteiger partial charge in [0.1, 0.15) is 18.7 Å². The van der Waals surface area contributed by atoms with E-state index in [0.29, 0.717) is 6.54 Å². The number of nitrogens with one attached hydrogen (secondary N) is 2. The molecule has 2 unspecified atom stereocenters. The van der Waals surface area contributed by atoms with E-state index in [1.165, 1.54) is 0 Å². The number of rotatable bonds is 7. The molecule has 28 heavy (non-hydrogen) atoms. The normalized spacial score (nSPS) is 19.1. The van der Waals surface area contributed by atoms with Crippen molar-refractivity contribution in [2.75, 3.05) is 24.4 Å². The minimum absolute atomic E-state index is 0.203. The summed E-state index contributed by atoms with van der Waals surface area (Å²) in [6.45, 7) is 0.817. The average Bonchev–Trinajstić information content (AvgIpc) is 3.33. The third-order valence-electron chi connectivity index (χ3n) is 5.18. The molecule has 4 rings (SSSR count). The van der Waals surface area contributed by atoms with E-state index < -0.39 is 0 Å². The number of aliphatic hydroxyl groups excluding tert-OH is 1. The van der Waals surface area contributed by atoms with Crippen molar-refractivity contribution in [1.82, 2.24) is 14.6 Å². The number of pyridine rings is 1. The Bertz CT molecular complexity index is 963. The lowest BCUT2D eigenvalue weighted by molar-refractivity contribution is -0.885. The maximum atomic E-state index is 9.60. The predicted octanol–water partition coefficient (Wildman–Crippen LogP) is 2.02. The maximum Gasteiger partial charge on any atom is 0.227 e. The highest BCUT2D eigenvalue weighted by Gasteiger charge is 2.27. The summed E-state index contributed by atoms with van der Waals surface area (Å²) in [4.78, 5) is 9.93. The zero-order valence-corrected chi connectivity index (χ0v) is 17.3. The van der Waals surface area contributed by atoms with E-state index in [0.717, 1.165) is 46.6 Å². The van der Waals surface area contributed by atoms with Crippen molar-refractivity contribution >= 4 is 33.2 Å². The molecule has 9 heteroatoms. The summed E-state index contributed by atoms with van der Waals surface area (Å²) in [7, 11) is 1.63. The predicted molar refractivity (Wildman–Crippen MR) is 109 cm³/mol. The number of nitrogens with zero attached hydrogens (tertiary/aromatic N) is 4. The lowest BCUT2D eigenvalue weighted by Gasteiger charge is -2.20. The Hall–Kier alpha value is -2.39. The van der Waals surface area contributed by atoms with Crippen molar-refractivity contribution in [3.05, 3.63) is 46.8 Å². The summed E-state index contributed by atoms with van der Waals surface area (Å²) in [5.41, 5.74) is 1.82. The molecular formula is C19H24BrN6O2+. The summed E-state index contributed by atoms with van der Waals surface area (Å²) in [5.74, 6) is 1.89. The van der Waals surface area contributed by atoms with Gasteiger partial charge in [0.05, 0.1) is 10.7 Å². The highest BCUT2D eigenvalue weighted by atomic mass is 79.9. The van der Waals surface area contributed by atoms with Gasteiger partial charge in [-0.15, -0.1) is 0 Å². The van der Waals surface area contributed by atoms with Gasteiger partial charge < -0.3 is 15.7 Å². The first kappa shape index (κ1) is 18.9. The van der Waals surface area contributed by atoms with E-state index >= 15 is 0 Å². The maximum absolute atomic E-state index is 9.60. The van der Waals surface area contributed by atoms with E-state index in [1.54, 1.807) is 22.6 Å². The monoisotopic (exact) mass is 447 g/mol. The van der Waals surface area contributed by atoms with Crippen molar-refractivity contribution in [2.24, 2.45) is 5.92 Å². The van der Waals surface area contributed by atoms with Crippen LogP contribution in [0.25, 0.3) is 5.65 Å². The molecule has 1 aliphatic rings. The minimum Gasteiger partial charge on any atom is -0.396 e. The molecule has 0 saturated heterocycles. The first-order valence-electron chi connectivity index (χ1n) is 9.38. The van der Waals surface area contributed by atoms with E-state index in [4.69, 9.17) is 9.82 Å². The van der Waals surface area contributed by atoms with Gasteiger partial charge in [0.2, 0.25) is 12.4 Å². The third kappa shape index (κ3) is 3.90. The van der Waals surface area contributed by atoms with Gasteiger partial charge in [-0.2, -0.15) is 9.61 Å². The molecule has 0 radical (unpaired) electrons. The second-order valence-electron chi connectivity index (χ2n) is 6.99. The largest absolute Gasteiger partial charge is 0.396 e. The minimum atomic E-state index is 0.203. The van der Waals surface area contributed by atoms with Crippen molar-refractivity contribution in [2.45, 2.75) is 31.8 Å². The molecule has 1 aliphatic carbocycles. The number of fused-ring (bicyclic) bond motifs is 1. The molecule has 1 fully saturated rings. The molecule has 0 aliphatic heterocycles. The van der Waals surface area contributed by atoms with Crippen LogP contribution >= 0.6 is 15.9 Å². The average molecular weight is 448 g/mol. The van der Waals surface area contributed by atoms with Crippen LogP contribution in [0.2, 0.25) is 0 Å². The number of halogens is 1. The fourth-order valence-corrected chi connectivity index (χ4v) is 4.03. The molecule has 1 saturated carbocycles. The number of hydrogen-bond acceptors (Lipinski definition) is 6. The van der Waals surface area contributed by atoms with Crippen LogP contribution < -0.4 is 20.2 Å². The van der Waals surface area contributed by atoms with Gasteiger partial charge in [-0.1, -0.05) is 6.42 Å². The van der Waals surface area contributed by atoms with Crippen LogP contribution in [0.4, 0.5) is 11.6 Å². The van der Waals surface area contributed by atoms with Gasteiger partial charge in [0.25, 0.3) is 0 Å². The molecule has 3 N–H and O–H groups in total. The second-order valence-corrected chi connectivity index (χ2v) is 7.84. The van der Waals surface area contributed by atoms with Gasteiger partial charge >= 0.3 is 0 Å². The number of aromatic nitrogens is 4. The van der Waals surface area contributed by atoms with Crippen molar-refractivity contribution in [3.8, 4) is 0 Å². The van der Waals surface area contributed by atoms with Crippen molar-refractivity contribution in [1.29, 1.82) is 0 Å². The standard InChI is InChI=1S/C19H24BrN6O2/c1-28-25-7-3-4-13(11-25)9-21-18-8-17(23-16-6-2-5-14(16)12-27)24-19-15(20)10-22-26(18)19/h3-4,7-8,10-11,14,16,21,27H,2,5-6,9,12H2,1H3,(H,23,24)/q+1. The summed E-state index contributed by atoms with van der Waals surface area (Å²) in [6, 6.07) is 6.18. The van der Waals surface area contributed by atoms with Crippen LogP contribution in [-0.4, -0.2) is 39.5 Å². The summed E-state index contributed by atoms with van der Waals surface area (Å²) < 4.78 is 4.27. The quantitative estimate of drug-likeness (QED) is 0.480. The first-order chi connectivity index (χ1) is 13.7. The molecule has 0 bridgehead atoms. The lowest BCUT2D eigenvalue weighted by Crippen LogP contribution is -2.40. The van der Waals surface area contributed by atoms with E-state index in [9.17, 15) is 5.11 Å². The van der Waals surface area contributed by atoms with Crippen LogP contribution in [0.15, 0.2) is 41.3 Å². The van der Waals surface area contributed by atoms with Gasteiger partial charge in [0.15, 0.2) is 5.65 Å². The van der Waals surface area contributed by atoms with Crippen LogP contribution in [0.5, 0.6) is 0 Å². The van der Waals surface area contributed by atoms with Crippen molar-refractivity contribution < 1.29 is 14.7 Å². The molecule has 3 aromatic heterocycles. The Morgan fingerprint density at radius 1 is 1.43 bits per heavy atom. The number of anilines is 2. The second kappa shape index (κ2) is 8.32. The summed E-state index contributed by atoms with van der Waals surface area (Å²) >= 11 is 3.53. The zero-order chi connectivity index (χ0) is 19.5. The van der Waals surface area contributed by atoms with Gasteiger partial charge in [-0.3, -0.25) is 4.84 Å². The van der Waals surface area contributed by atoms with Gasteiger partial charge in [-0.25, -0.2) is 4.98 Å². The molecule has 3 aromatic rings. The Kier molecular flexibility index (Phi) is 5.63. The molecular weight excluding hydrogens is 424 g/mol.